The van der Waals surface area contributed by atoms with E-state index in [-0.39, 0.29) is 12.2 Å². The average molecular weight is 243 g/mol. The first kappa shape index (κ1) is 15.3. The molecule has 0 saturated heterocycles. The lowest BCUT2D eigenvalue weighted by atomic mass is 9.94. The lowest BCUT2D eigenvalue weighted by molar-refractivity contribution is -0.149. The number of aliphatic carboxylic acids is 2. The third-order valence-electron chi connectivity index (χ3n) is 2.36. The summed E-state index contributed by atoms with van der Waals surface area (Å²) in [6, 6.07) is -0.511. The SMILES string of the molecule is C=CCC(NC)C(=O)CC(CC(=O)O)C(=O)O. The summed E-state index contributed by atoms with van der Waals surface area (Å²) < 4.78 is 0. The van der Waals surface area contributed by atoms with Gasteiger partial charge in [0.15, 0.2) is 5.78 Å². The summed E-state index contributed by atoms with van der Waals surface area (Å²) in [6.07, 6.45) is 1.09. The van der Waals surface area contributed by atoms with E-state index in [9.17, 15) is 14.4 Å². The van der Waals surface area contributed by atoms with Crippen LogP contribution in [0.1, 0.15) is 19.3 Å². The van der Waals surface area contributed by atoms with Gasteiger partial charge in [0.1, 0.15) is 0 Å². The van der Waals surface area contributed by atoms with Crippen molar-refractivity contribution < 1.29 is 24.6 Å². The topological polar surface area (TPSA) is 104 Å². The number of rotatable bonds is 9. The number of carbonyl (C=O) groups excluding carboxylic acids is 1. The van der Waals surface area contributed by atoms with Crippen molar-refractivity contribution in [3.05, 3.63) is 12.7 Å². The lowest BCUT2D eigenvalue weighted by Crippen LogP contribution is -2.36. The number of carboxylic acid groups (broad SMARTS) is 2. The minimum atomic E-state index is -1.27. The quantitative estimate of drug-likeness (QED) is 0.503. The maximum atomic E-state index is 11.7. The van der Waals surface area contributed by atoms with Crippen molar-refractivity contribution in [1.82, 2.24) is 5.32 Å². The van der Waals surface area contributed by atoms with Crippen molar-refractivity contribution in [3.8, 4) is 0 Å². The molecule has 2 atom stereocenters. The second-order valence-electron chi connectivity index (χ2n) is 3.67. The second-order valence-corrected chi connectivity index (χ2v) is 3.67. The van der Waals surface area contributed by atoms with E-state index in [0.717, 1.165) is 0 Å². The largest absolute Gasteiger partial charge is 0.481 e. The Bertz CT molecular complexity index is 313. The molecule has 2 unspecified atom stereocenters. The fraction of sp³-hybridized carbons (Fsp3) is 0.545. The van der Waals surface area contributed by atoms with E-state index in [1.54, 1.807) is 13.1 Å². The van der Waals surface area contributed by atoms with Gasteiger partial charge in [0.05, 0.1) is 18.4 Å². The third-order valence-corrected chi connectivity index (χ3v) is 2.36. The molecule has 0 aliphatic carbocycles. The monoisotopic (exact) mass is 243 g/mol. The molecule has 0 saturated carbocycles. The number of ketones is 1. The molecule has 0 aliphatic rings. The number of carbonyl (C=O) groups is 3. The highest BCUT2D eigenvalue weighted by molar-refractivity contribution is 5.89. The highest BCUT2D eigenvalue weighted by Crippen LogP contribution is 2.12. The zero-order chi connectivity index (χ0) is 13.4. The average Bonchev–Trinajstić information content (AvgIpc) is 2.23. The number of hydrogen-bond acceptors (Lipinski definition) is 4. The van der Waals surface area contributed by atoms with Gasteiger partial charge in [-0.2, -0.15) is 0 Å². The molecule has 0 aromatic heterocycles. The predicted molar refractivity (Wildman–Crippen MR) is 60.7 cm³/mol. The second kappa shape index (κ2) is 7.56. The molecule has 0 rings (SSSR count). The van der Waals surface area contributed by atoms with Crippen molar-refractivity contribution >= 4 is 17.7 Å². The third kappa shape index (κ3) is 5.82. The van der Waals surface area contributed by atoms with E-state index in [4.69, 9.17) is 10.2 Å². The first-order valence-electron chi connectivity index (χ1n) is 5.17. The smallest absolute Gasteiger partial charge is 0.307 e. The van der Waals surface area contributed by atoms with Gasteiger partial charge in [-0.15, -0.1) is 6.58 Å². The summed E-state index contributed by atoms with van der Waals surface area (Å²) >= 11 is 0. The normalized spacial score (nSPS) is 13.7. The van der Waals surface area contributed by atoms with Crippen LogP contribution in [0.2, 0.25) is 0 Å². The van der Waals surface area contributed by atoms with Crippen LogP contribution in [-0.4, -0.2) is 41.0 Å². The van der Waals surface area contributed by atoms with Gasteiger partial charge in [-0.3, -0.25) is 14.4 Å². The van der Waals surface area contributed by atoms with E-state index in [1.165, 1.54) is 0 Å². The highest BCUT2D eigenvalue weighted by Gasteiger charge is 2.26. The van der Waals surface area contributed by atoms with Gasteiger partial charge in [-0.1, -0.05) is 6.08 Å². The van der Waals surface area contributed by atoms with Crippen LogP contribution in [0, 0.1) is 5.92 Å². The summed E-state index contributed by atoms with van der Waals surface area (Å²) in [4.78, 5) is 32.9. The summed E-state index contributed by atoms with van der Waals surface area (Å²) in [6.45, 7) is 3.49. The van der Waals surface area contributed by atoms with E-state index in [2.05, 4.69) is 11.9 Å². The standard InChI is InChI=1S/C11H17NO5/c1-3-4-8(12-2)9(13)5-7(11(16)17)6-10(14)15/h3,7-8,12H,1,4-6H2,2H3,(H,14,15)(H,16,17). The van der Waals surface area contributed by atoms with Crippen LogP contribution in [0.4, 0.5) is 0 Å². The molecule has 6 nitrogen and oxygen atoms in total. The van der Waals surface area contributed by atoms with Crippen LogP contribution in [0.25, 0.3) is 0 Å². The van der Waals surface area contributed by atoms with Crippen molar-refractivity contribution in [1.29, 1.82) is 0 Å². The van der Waals surface area contributed by atoms with Gasteiger partial charge in [-0.25, -0.2) is 0 Å². The van der Waals surface area contributed by atoms with E-state index < -0.39 is 30.3 Å². The Balaban J connectivity index is 4.52. The maximum absolute atomic E-state index is 11.7. The number of hydrogen-bond donors (Lipinski definition) is 3. The van der Waals surface area contributed by atoms with Gasteiger partial charge in [0.2, 0.25) is 0 Å². The summed E-state index contributed by atoms with van der Waals surface area (Å²) in [5.41, 5.74) is 0. The first-order valence-corrected chi connectivity index (χ1v) is 5.17. The van der Waals surface area contributed by atoms with Crippen LogP contribution in [0.5, 0.6) is 0 Å². The minimum Gasteiger partial charge on any atom is -0.481 e. The highest BCUT2D eigenvalue weighted by atomic mass is 16.4. The Morgan fingerprint density at radius 3 is 2.24 bits per heavy atom. The molecule has 6 heteroatoms. The molecule has 0 aromatic carbocycles. The Morgan fingerprint density at radius 2 is 1.88 bits per heavy atom. The summed E-state index contributed by atoms with van der Waals surface area (Å²) in [7, 11) is 1.58. The zero-order valence-electron chi connectivity index (χ0n) is 9.68. The van der Waals surface area contributed by atoms with Crippen molar-refractivity contribution in [2.24, 2.45) is 5.92 Å². The van der Waals surface area contributed by atoms with Gasteiger partial charge in [-0.05, 0) is 13.5 Å². The lowest BCUT2D eigenvalue weighted by Gasteiger charge is -2.15. The van der Waals surface area contributed by atoms with E-state index in [0.29, 0.717) is 6.42 Å². The van der Waals surface area contributed by atoms with Gasteiger partial charge in [0, 0.05) is 6.42 Å². The minimum absolute atomic E-state index is 0.291. The Morgan fingerprint density at radius 1 is 1.29 bits per heavy atom. The van der Waals surface area contributed by atoms with Crippen LogP contribution in [0.3, 0.4) is 0 Å². The Hall–Kier alpha value is -1.69. The molecule has 17 heavy (non-hydrogen) atoms. The molecular weight excluding hydrogens is 226 g/mol. The molecule has 3 N–H and O–H groups in total. The molecule has 0 heterocycles. The van der Waals surface area contributed by atoms with Gasteiger partial charge >= 0.3 is 11.9 Å². The van der Waals surface area contributed by atoms with Crippen LogP contribution in [0.15, 0.2) is 12.7 Å². The molecule has 96 valence electrons. The molecule has 0 bridgehead atoms. The van der Waals surface area contributed by atoms with Crippen molar-refractivity contribution in [2.75, 3.05) is 7.05 Å². The van der Waals surface area contributed by atoms with E-state index >= 15 is 0 Å². The Kier molecular flexibility index (Phi) is 6.81. The molecule has 0 radical (unpaired) electrons. The molecule has 0 spiro atoms. The molecule has 0 aromatic rings. The summed E-state index contributed by atoms with van der Waals surface area (Å²) in [5.74, 6) is -3.99. The zero-order valence-corrected chi connectivity index (χ0v) is 9.68. The van der Waals surface area contributed by atoms with Crippen LogP contribution < -0.4 is 5.32 Å². The maximum Gasteiger partial charge on any atom is 0.307 e. The van der Waals surface area contributed by atoms with Crippen LogP contribution >= 0.6 is 0 Å². The molecule has 0 amide bonds. The van der Waals surface area contributed by atoms with Crippen molar-refractivity contribution in [2.45, 2.75) is 25.3 Å². The van der Waals surface area contributed by atoms with E-state index in [1.807, 2.05) is 0 Å². The number of carboxylic acids is 2. The first-order chi connectivity index (χ1) is 7.92. The number of nitrogens with one attached hydrogen (secondary N) is 1. The predicted octanol–water partition coefficient (Wildman–Crippen LogP) is 0.285. The Labute approximate surface area is 99.3 Å². The number of Topliss-reactive ketones (excluding diaryl/α,β-unsaturated/α-hetero) is 1. The van der Waals surface area contributed by atoms with Gasteiger partial charge in [0.25, 0.3) is 0 Å². The van der Waals surface area contributed by atoms with Crippen molar-refractivity contribution in [3.63, 3.8) is 0 Å². The summed E-state index contributed by atoms with van der Waals surface area (Å²) in [5, 5.41) is 20.1. The molecule has 0 fully saturated rings. The van der Waals surface area contributed by atoms with Gasteiger partial charge < -0.3 is 15.5 Å². The van der Waals surface area contributed by atoms with Crippen LogP contribution in [-0.2, 0) is 14.4 Å². The fourth-order valence-corrected chi connectivity index (χ4v) is 1.42. The molecule has 0 aliphatic heterocycles. The fourth-order valence-electron chi connectivity index (χ4n) is 1.42. The molecular formula is C11H17NO5. The number of likely N-dealkylation sites (N-methyl/N-ethyl adjacent to an activating group) is 1.